The van der Waals surface area contributed by atoms with Crippen molar-refractivity contribution in [2.75, 3.05) is 24.6 Å². The Hall–Kier alpha value is -1.53. The zero-order chi connectivity index (χ0) is 12.3. The van der Waals surface area contributed by atoms with Crippen molar-refractivity contribution in [2.45, 2.75) is 19.3 Å². The van der Waals surface area contributed by atoms with Crippen molar-refractivity contribution >= 4 is 5.82 Å². The summed E-state index contributed by atoms with van der Waals surface area (Å²) >= 11 is 0. The average Bonchev–Trinajstić information content (AvgIpc) is 2.81. The van der Waals surface area contributed by atoms with E-state index in [0.717, 1.165) is 19.2 Å². The molecule has 2 heterocycles. The lowest BCUT2D eigenvalue weighted by Gasteiger charge is -2.17. The minimum atomic E-state index is -2.65. The number of ether oxygens (including phenoxy) is 1. The van der Waals surface area contributed by atoms with Crippen molar-refractivity contribution in [1.82, 2.24) is 9.97 Å². The highest BCUT2D eigenvalue weighted by molar-refractivity contribution is 5.43. The molecule has 0 amide bonds. The van der Waals surface area contributed by atoms with E-state index >= 15 is 0 Å². The largest absolute Gasteiger partial charge is 0.469 e. The Balaban J connectivity index is 2.14. The molecule has 17 heavy (non-hydrogen) atoms. The third kappa shape index (κ3) is 2.78. The van der Waals surface area contributed by atoms with Crippen molar-refractivity contribution in [3.05, 3.63) is 12.1 Å². The van der Waals surface area contributed by atoms with Crippen molar-refractivity contribution in [3.63, 3.8) is 0 Å². The summed E-state index contributed by atoms with van der Waals surface area (Å²) in [6, 6.07) is 0. The Morgan fingerprint density at radius 2 is 2.00 bits per heavy atom. The van der Waals surface area contributed by atoms with Gasteiger partial charge in [-0.05, 0) is 12.8 Å². The molecule has 0 radical (unpaired) electrons. The Morgan fingerprint density at radius 3 is 2.65 bits per heavy atom. The van der Waals surface area contributed by atoms with E-state index in [4.69, 9.17) is 0 Å². The number of anilines is 1. The summed E-state index contributed by atoms with van der Waals surface area (Å²) < 4.78 is 42.3. The molecule has 94 valence electrons. The van der Waals surface area contributed by atoms with Gasteiger partial charge in [0.25, 0.3) is 12.3 Å². The molecule has 0 aromatic carbocycles. The Kier molecular flexibility index (Phi) is 3.65. The molecule has 1 saturated heterocycles. The fourth-order valence-electron chi connectivity index (χ4n) is 1.74. The van der Waals surface area contributed by atoms with Crippen LogP contribution in [0.2, 0.25) is 0 Å². The maximum Gasteiger partial charge on any atom is 0.272 e. The Bertz CT molecular complexity index is 383. The molecule has 7 heteroatoms. The van der Waals surface area contributed by atoms with Crippen LogP contribution in [0.1, 0.15) is 12.8 Å². The predicted molar refractivity (Wildman–Crippen MR) is 54.9 cm³/mol. The lowest BCUT2D eigenvalue weighted by molar-refractivity contribution is 0.0773. The van der Waals surface area contributed by atoms with E-state index in [0.29, 0.717) is 13.1 Å². The average molecular weight is 247 g/mol. The number of alkyl halides is 2. The molecule has 1 aromatic heterocycles. The summed E-state index contributed by atoms with van der Waals surface area (Å²) in [6.45, 7) is 0.553. The van der Waals surface area contributed by atoms with Gasteiger partial charge in [-0.1, -0.05) is 0 Å². The highest BCUT2D eigenvalue weighted by Gasteiger charge is 2.21. The van der Waals surface area contributed by atoms with Crippen LogP contribution in [-0.4, -0.2) is 36.1 Å². The van der Waals surface area contributed by atoms with Crippen LogP contribution in [0, 0.1) is 5.82 Å². The molecule has 1 aliphatic rings. The highest BCUT2D eigenvalue weighted by Crippen LogP contribution is 2.25. The SMILES string of the molecule is Fc1c(OCC(F)F)ncnc1N1CCCC1. The summed E-state index contributed by atoms with van der Waals surface area (Å²) in [6.07, 6.45) is 0.407. The molecule has 1 aliphatic heterocycles. The number of hydrogen-bond donors (Lipinski definition) is 0. The highest BCUT2D eigenvalue weighted by atomic mass is 19.3. The van der Waals surface area contributed by atoms with E-state index in [1.807, 2.05) is 0 Å². The number of nitrogens with zero attached hydrogens (tertiary/aromatic N) is 3. The standard InChI is InChI=1S/C10H12F3N3O/c11-7(12)5-17-10-8(13)9(14-6-15-10)16-3-1-2-4-16/h6-7H,1-5H2. The normalized spacial score (nSPS) is 15.6. The molecule has 0 aliphatic carbocycles. The topological polar surface area (TPSA) is 38.3 Å². The van der Waals surface area contributed by atoms with Crippen LogP contribution in [0.5, 0.6) is 5.88 Å². The first-order valence-corrected chi connectivity index (χ1v) is 5.35. The molecule has 0 atom stereocenters. The predicted octanol–water partition coefficient (Wildman–Crippen LogP) is 1.86. The van der Waals surface area contributed by atoms with Crippen LogP contribution in [0.15, 0.2) is 6.33 Å². The van der Waals surface area contributed by atoms with Crippen molar-refractivity contribution < 1.29 is 17.9 Å². The number of rotatable bonds is 4. The monoisotopic (exact) mass is 247 g/mol. The molecule has 2 rings (SSSR count). The fourth-order valence-corrected chi connectivity index (χ4v) is 1.74. The molecular formula is C10H12F3N3O. The summed E-state index contributed by atoms with van der Waals surface area (Å²) in [5, 5.41) is 0. The van der Waals surface area contributed by atoms with E-state index in [-0.39, 0.29) is 5.82 Å². The van der Waals surface area contributed by atoms with Crippen molar-refractivity contribution in [3.8, 4) is 5.88 Å². The van der Waals surface area contributed by atoms with Gasteiger partial charge in [0.05, 0.1) is 0 Å². The zero-order valence-electron chi connectivity index (χ0n) is 9.07. The maximum atomic E-state index is 13.8. The third-order valence-corrected chi connectivity index (χ3v) is 2.49. The van der Waals surface area contributed by atoms with Crippen LogP contribution in [0.4, 0.5) is 19.0 Å². The molecular weight excluding hydrogens is 235 g/mol. The smallest absolute Gasteiger partial charge is 0.272 e. The second-order valence-corrected chi connectivity index (χ2v) is 3.71. The van der Waals surface area contributed by atoms with E-state index in [2.05, 4.69) is 14.7 Å². The number of halogens is 3. The van der Waals surface area contributed by atoms with Crippen molar-refractivity contribution in [2.24, 2.45) is 0 Å². The van der Waals surface area contributed by atoms with Crippen LogP contribution in [0.25, 0.3) is 0 Å². The first-order chi connectivity index (χ1) is 8.18. The van der Waals surface area contributed by atoms with Gasteiger partial charge in [-0.2, -0.15) is 9.37 Å². The zero-order valence-corrected chi connectivity index (χ0v) is 9.07. The fraction of sp³-hybridized carbons (Fsp3) is 0.600. The van der Waals surface area contributed by atoms with Gasteiger partial charge in [0.15, 0.2) is 12.4 Å². The molecule has 0 bridgehead atoms. The summed E-state index contributed by atoms with van der Waals surface area (Å²) in [5.74, 6) is -1.06. The van der Waals surface area contributed by atoms with Gasteiger partial charge in [0, 0.05) is 13.1 Å². The number of hydrogen-bond acceptors (Lipinski definition) is 4. The van der Waals surface area contributed by atoms with Gasteiger partial charge in [-0.15, -0.1) is 0 Å². The minimum Gasteiger partial charge on any atom is -0.469 e. The quantitative estimate of drug-likeness (QED) is 0.814. The molecule has 0 saturated carbocycles. The Labute approximate surface area is 96.4 Å². The van der Waals surface area contributed by atoms with Gasteiger partial charge in [0.1, 0.15) is 6.33 Å². The van der Waals surface area contributed by atoms with Crippen LogP contribution in [-0.2, 0) is 0 Å². The molecule has 0 spiro atoms. The van der Waals surface area contributed by atoms with Crippen LogP contribution >= 0.6 is 0 Å². The minimum absolute atomic E-state index is 0.127. The third-order valence-electron chi connectivity index (χ3n) is 2.49. The lowest BCUT2D eigenvalue weighted by atomic mass is 10.4. The molecule has 0 N–H and O–H groups in total. The molecule has 0 unspecified atom stereocenters. The summed E-state index contributed by atoms with van der Waals surface area (Å²) in [7, 11) is 0. The van der Waals surface area contributed by atoms with Crippen LogP contribution < -0.4 is 9.64 Å². The van der Waals surface area contributed by atoms with Gasteiger partial charge in [0.2, 0.25) is 5.82 Å². The number of aromatic nitrogens is 2. The molecule has 1 fully saturated rings. The second-order valence-electron chi connectivity index (χ2n) is 3.71. The summed E-state index contributed by atoms with van der Waals surface area (Å²) in [5.41, 5.74) is 0. The van der Waals surface area contributed by atoms with Crippen LogP contribution in [0.3, 0.4) is 0 Å². The van der Waals surface area contributed by atoms with Gasteiger partial charge in [-0.25, -0.2) is 13.8 Å². The van der Waals surface area contributed by atoms with Crippen molar-refractivity contribution in [1.29, 1.82) is 0 Å². The van der Waals surface area contributed by atoms with E-state index in [1.54, 1.807) is 4.90 Å². The first-order valence-electron chi connectivity index (χ1n) is 5.35. The Morgan fingerprint density at radius 1 is 1.29 bits per heavy atom. The second kappa shape index (κ2) is 5.20. The van der Waals surface area contributed by atoms with Gasteiger partial charge in [-0.3, -0.25) is 0 Å². The van der Waals surface area contributed by atoms with Gasteiger partial charge < -0.3 is 9.64 Å². The van der Waals surface area contributed by atoms with Gasteiger partial charge >= 0.3 is 0 Å². The lowest BCUT2D eigenvalue weighted by Crippen LogP contribution is -2.21. The van der Waals surface area contributed by atoms with E-state index < -0.39 is 24.7 Å². The molecule has 1 aromatic rings. The van der Waals surface area contributed by atoms with E-state index in [9.17, 15) is 13.2 Å². The summed E-state index contributed by atoms with van der Waals surface area (Å²) in [4.78, 5) is 9.09. The first kappa shape index (κ1) is 11.9. The van der Waals surface area contributed by atoms with E-state index in [1.165, 1.54) is 0 Å². The maximum absolute atomic E-state index is 13.8. The molecule has 4 nitrogen and oxygen atoms in total.